The maximum absolute atomic E-state index is 12.8. The highest BCUT2D eigenvalue weighted by Gasteiger charge is 2.31. The van der Waals surface area contributed by atoms with E-state index in [9.17, 15) is 4.79 Å². The van der Waals surface area contributed by atoms with Gasteiger partial charge in [-0.05, 0) is 49.9 Å². The van der Waals surface area contributed by atoms with Crippen LogP contribution in [0.1, 0.15) is 23.2 Å². The third-order valence-corrected chi connectivity index (χ3v) is 5.05. The number of nitrogens with zero attached hydrogens (tertiary/aromatic N) is 4. The van der Waals surface area contributed by atoms with E-state index in [1.165, 1.54) is 0 Å². The van der Waals surface area contributed by atoms with E-state index < -0.39 is 0 Å². The Labute approximate surface area is 135 Å². The zero-order valence-corrected chi connectivity index (χ0v) is 13.1. The fraction of sp³-hybridized carbons (Fsp3) is 0.471. The molecule has 2 saturated heterocycles. The van der Waals surface area contributed by atoms with E-state index >= 15 is 0 Å². The lowest BCUT2D eigenvalue weighted by Gasteiger charge is -2.20. The molecule has 1 N–H and O–H groups in total. The van der Waals surface area contributed by atoms with Crippen LogP contribution in [-0.4, -0.2) is 51.8 Å². The van der Waals surface area contributed by atoms with Gasteiger partial charge in [-0.2, -0.15) is 5.10 Å². The summed E-state index contributed by atoms with van der Waals surface area (Å²) in [6.45, 7) is 3.90. The highest BCUT2D eigenvalue weighted by molar-refractivity contribution is 5.93. The summed E-state index contributed by atoms with van der Waals surface area (Å²) in [6.07, 6.45) is 9.11. The second-order valence-electron chi connectivity index (χ2n) is 6.43. The van der Waals surface area contributed by atoms with Crippen LogP contribution in [0.25, 0.3) is 5.69 Å². The smallest absolute Gasteiger partial charge is 0.257 e. The highest BCUT2D eigenvalue weighted by Crippen LogP contribution is 2.27. The molecular formula is C17H21N5O. The fourth-order valence-corrected chi connectivity index (χ4v) is 3.67. The van der Waals surface area contributed by atoms with Gasteiger partial charge >= 0.3 is 0 Å². The molecule has 4 heterocycles. The normalized spacial score (nSPS) is 24.3. The Morgan fingerprint density at radius 3 is 2.65 bits per heavy atom. The average molecular weight is 311 g/mol. The van der Waals surface area contributed by atoms with Gasteiger partial charge in [0.1, 0.15) is 0 Å². The highest BCUT2D eigenvalue weighted by atomic mass is 16.2. The van der Waals surface area contributed by atoms with Crippen LogP contribution in [0, 0.1) is 11.8 Å². The van der Waals surface area contributed by atoms with Crippen molar-refractivity contribution in [2.75, 3.05) is 26.2 Å². The van der Waals surface area contributed by atoms with Crippen molar-refractivity contribution >= 4 is 5.91 Å². The van der Waals surface area contributed by atoms with Crippen molar-refractivity contribution in [1.82, 2.24) is 25.0 Å². The Morgan fingerprint density at radius 2 is 1.96 bits per heavy atom. The number of pyridine rings is 1. The molecule has 0 bridgehead atoms. The quantitative estimate of drug-likeness (QED) is 0.909. The van der Waals surface area contributed by atoms with Crippen LogP contribution in [0.4, 0.5) is 0 Å². The van der Waals surface area contributed by atoms with Gasteiger partial charge in [-0.15, -0.1) is 0 Å². The minimum atomic E-state index is 0.0908. The number of likely N-dealkylation sites (tertiary alicyclic amines) is 1. The van der Waals surface area contributed by atoms with Crippen LogP contribution < -0.4 is 5.32 Å². The Bertz CT molecular complexity index is 669. The Morgan fingerprint density at radius 1 is 1.17 bits per heavy atom. The van der Waals surface area contributed by atoms with E-state index in [1.807, 2.05) is 17.0 Å². The predicted molar refractivity (Wildman–Crippen MR) is 86.3 cm³/mol. The number of carbonyl (C=O) groups excluding carboxylic acids is 1. The van der Waals surface area contributed by atoms with Crippen LogP contribution in [0.5, 0.6) is 0 Å². The Kier molecular flexibility index (Phi) is 3.83. The summed E-state index contributed by atoms with van der Waals surface area (Å²) in [7, 11) is 0. The number of hydrogen-bond acceptors (Lipinski definition) is 4. The van der Waals surface area contributed by atoms with Crippen molar-refractivity contribution in [2.45, 2.75) is 12.8 Å². The number of nitrogens with one attached hydrogen (secondary N) is 1. The number of carbonyl (C=O) groups is 1. The summed E-state index contributed by atoms with van der Waals surface area (Å²) < 4.78 is 1.71. The van der Waals surface area contributed by atoms with Gasteiger partial charge in [-0.3, -0.25) is 9.78 Å². The van der Waals surface area contributed by atoms with Gasteiger partial charge in [0.2, 0.25) is 0 Å². The molecule has 2 fully saturated rings. The summed E-state index contributed by atoms with van der Waals surface area (Å²) in [6, 6.07) is 3.79. The standard InChI is InChI=1S/C17H21N5O/c23-17(21-6-3-13-8-19-9-14(13)4-7-21)15-10-20-22(12-15)16-2-1-5-18-11-16/h1-2,5,10-14,19H,3-4,6-9H2/t13-,14+. The van der Waals surface area contributed by atoms with Crippen molar-refractivity contribution < 1.29 is 4.79 Å². The SMILES string of the molecule is O=C(c1cnn(-c2cccnc2)c1)N1CC[C@@H]2CNC[C@@H]2CC1. The minimum absolute atomic E-state index is 0.0908. The van der Waals surface area contributed by atoms with E-state index in [4.69, 9.17) is 0 Å². The molecule has 0 spiro atoms. The summed E-state index contributed by atoms with van der Waals surface area (Å²) in [5, 5.41) is 7.77. The van der Waals surface area contributed by atoms with Gasteiger partial charge in [-0.25, -0.2) is 4.68 Å². The van der Waals surface area contributed by atoms with E-state index in [1.54, 1.807) is 29.5 Å². The molecule has 23 heavy (non-hydrogen) atoms. The molecule has 6 nitrogen and oxygen atoms in total. The third kappa shape index (κ3) is 2.86. The average Bonchev–Trinajstić information content (AvgIpc) is 3.21. The molecule has 6 heteroatoms. The van der Waals surface area contributed by atoms with Crippen LogP contribution in [0.15, 0.2) is 36.9 Å². The van der Waals surface area contributed by atoms with Gasteiger partial charge in [0.15, 0.2) is 0 Å². The largest absolute Gasteiger partial charge is 0.339 e. The molecule has 2 aliphatic heterocycles. The second-order valence-corrected chi connectivity index (χ2v) is 6.43. The molecule has 4 rings (SSSR count). The molecule has 0 radical (unpaired) electrons. The van der Waals surface area contributed by atoms with Gasteiger partial charge in [0.05, 0.1) is 23.6 Å². The molecule has 0 aromatic carbocycles. The first-order chi connectivity index (χ1) is 11.3. The van der Waals surface area contributed by atoms with Crippen LogP contribution in [0.2, 0.25) is 0 Å². The van der Waals surface area contributed by atoms with E-state index in [0.717, 1.165) is 56.5 Å². The number of amides is 1. The van der Waals surface area contributed by atoms with Crippen molar-refractivity contribution in [1.29, 1.82) is 0 Å². The van der Waals surface area contributed by atoms with Crippen molar-refractivity contribution in [3.8, 4) is 5.69 Å². The monoisotopic (exact) mass is 311 g/mol. The number of aromatic nitrogens is 3. The minimum Gasteiger partial charge on any atom is -0.339 e. The Hall–Kier alpha value is -2.21. The predicted octanol–water partition coefficient (Wildman–Crippen LogP) is 1.34. The van der Waals surface area contributed by atoms with Crippen LogP contribution in [0.3, 0.4) is 0 Å². The van der Waals surface area contributed by atoms with E-state index in [2.05, 4.69) is 15.4 Å². The molecule has 0 unspecified atom stereocenters. The first kappa shape index (κ1) is 14.4. The second kappa shape index (κ2) is 6.12. The van der Waals surface area contributed by atoms with Crippen molar-refractivity contribution in [3.63, 3.8) is 0 Å². The van der Waals surface area contributed by atoms with Gasteiger partial charge in [0.25, 0.3) is 5.91 Å². The lowest BCUT2D eigenvalue weighted by Crippen LogP contribution is -2.32. The summed E-state index contributed by atoms with van der Waals surface area (Å²) >= 11 is 0. The van der Waals surface area contributed by atoms with Crippen molar-refractivity contribution in [2.24, 2.45) is 11.8 Å². The first-order valence-electron chi connectivity index (χ1n) is 8.26. The third-order valence-electron chi connectivity index (χ3n) is 5.05. The molecule has 2 atom stereocenters. The molecule has 2 aliphatic rings. The zero-order chi connectivity index (χ0) is 15.6. The number of rotatable bonds is 2. The summed E-state index contributed by atoms with van der Waals surface area (Å²) in [4.78, 5) is 18.8. The molecule has 2 aromatic heterocycles. The van der Waals surface area contributed by atoms with E-state index in [-0.39, 0.29) is 5.91 Å². The Balaban J connectivity index is 1.48. The number of hydrogen-bond donors (Lipinski definition) is 1. The topological polar surface area (TPSA) is 63.1 Å². The van der Waals surface area contributed by atoms with E-state index in [0.29, 0.717) is 5.56 Å². The lowest BCUT2D eigenvalue weighted by atomic mass is 9.92. The van der Waals surface area contributed by atoms with Crippen LogP contribution in [-0.2, 0) is 0 Å². The molecule has 2 aromatic rings. The van der Waals surface area contributed by atoms with Gasteiger partial charge in [-0.1, -0.05) is 0 Å². The van der Waals surface area contributed by atoms with Crippen molar-refractivity contribution in [3.05, 3.63) is 42.5 Å². The summed E-state index contributed by atoms with van der Waals surface area (Å²) in [5.41, 5.74) is 1.52. The lowest BCUT2D eigenvalue weighted by molar-refractivity contribution is 0.0758. The zero-order valence-electron chi connectivity index (χ0n) is 13.1. The summed E-state index contributed by atoms with van der Waals surface area (Å²) in [5.74, 6) is 1.55. The first-order valence-corrected chi connectivity index (χ1v) is 8.26. The molecule has 1 amide bonds. The van der Waals surface area contributed by atoms with Gasteiger partial charge in [0, 0.05) is 25.5 Å². The maximum Gasteiger partial charge on any atom is 0.257 e. The molecule has 0 saturated carbocycles. The maximum atomic E-state index is 12.8. The molecule has 0 aliphatic carbocycles. The molecular weight excluding hydrogens is 290 g/mol. The van der Waals surface area contributed by atoms with Gasteiger partial charge < -0.3 is 10.2 Å². The van der Waals surface area contributed by atoms with Crippen LogP contribution >= 0.6 is 0 Å². The fourth-order valence-electron chi connectivity index (χ4n) is 3.67. The number of fused-ring (bicyclic) bond motifs is 1. The molecule has 120 valence electrons.